The van der Waals surface area contributed by atoms with Crippen LogP contribution in [0.1, 0.15) is 131 Å². The van der Waals surface area contributed by atoms with Gasteiger partial charge in [-0.15, -0.1) is 0 Å². The molecule has 0 bridgehead atoms. The third kappa shape index (κ3) is 4.73. The molecule has 5 aliphatic carbocycles. The maximum Gasteiger partial charge on any atom is 0.302 e. The minimum absolute atomic E-state index is 0.00345. The fourth-order valence-electron chi connectivity index (χ4n) is 14.6. The van der Waals surface area contributed by atoms with Crippen LogP contribution in [0.2, 0.25) is 0 Å². The molecule has 0 spiro atoms. The van der Waals surface area contributed by atoms with Gasteiger partial charge in [0.2, 0.25) is 5.91 Å². The molecule has 1 saturated heterocycles. The molecular weight excluding hydrogens is 604 g/mol. The number of rotatable bonds is 4. The first kappa shape index (κ1) is 34.8. The van der Waals surface area contributed by atoms with Crippen molar-refractivity contribution in [2.24, 2.45) is 56.7 Å². The Labute approximate surface area is 296 Å². The van der Waals surface area contributed by atoms with E-state index in [2.05, 4.69) is 71.2 Å². The number of nitriles is 1. The number of fused-ring (bicyclic) bond motifs is 7. The fraction of sp³-hybridized carbons (Fsp3) is 0.750. The number of carbonyl (C=O) groups excluding carboxylic acids is 2. The Balaban J connectivity index is 1.18. The number of hydrogen-bond donors (Lipinski definition) is 0. The lowest BCUT2D eigenvalue weighted by Crippen LogP contribution is -2.67. The summed E-state index contributed by atoms with van der Waals surface area (Å²) in [5.74, 6) is 2.75. The zero-order valence-electron chi connectivity index (χ0n) is 31.6. The molecule has 10 atom stereocenters. The number of nitrogens with zero attached hydrogens (tertiary/aromatic N) is 2. The van der Waals surface area contributed by atoms with E-state index in [1.165, 1.54) is 38.5 Å². The van der Waals surface area contributed by atoms with Gasteiger partial charge in [-0.25, -0.2) is 0 Å². The molecule has 0 radical (unpaired) electrons. The number of benzene rings is 1. The molecule has 1 aromatic rings. The number of carbonyl (C=O) groups is 2. The quantitative estimate of drug-likeness (QED) is 0.237. The second-order valence-electron chi connectivity index (χ2n) is 19.1. The highest BCUT2D eigenvalue weighted by Gasteiger charge is 2.71. The minimum atomic E-state index is -0.524. The predicted molar refractivity (Wildman–Crippen MR) is 194 cm³/mol. The highest BCUT2D eigenvalue weighted by atomic mass is 16.5. The molecule has 1 aliphatic heterocycles. The van der Waals surface area contributed by atoms with Gasteiger partial charge in [-0.05, 0) is 135 Å². The molecule has 0 N–H and O–H groups in total. The van der Waals surface area contributed by atoms with Crippen LogP contribution in [0.25, 0.3) is 0 Å². The van der Waals surface area contributed by atoms with Crippen LogP contribution in [0, 0.1) is 68.0 Å². The molecule has 1 heterocycles. The van der Waals surface area contributed by atoms with E-state index in [4.69, 9.17) is 4.74 Å². The maximum absolute atomic E-state index is 15.2. The average Bonchev–Trinajstić information content (AvgIpc) is 3.47. The highest BCUT2D eigenvalue weighted by molar-refractivity contribution is 5.87. The van der Waals surface area contributed by atoms with Gasteiger partial charge in [-0.3, -0.25) is 9.59 Å². The van der Waals surface area contributed by atoms with Crippen molar-refractivity contribution in [1.29, 1.82) is 5.26 Å². The van der Waals surface area contributed by atoms with Crippen molar-refractivity contribution in [2.45, 2.75) is 137 Å². The third-order valence-electron chi connectivity index (χ3n) is 17.2. The summed E-state index contributed by atoms with van der Waals surface area (Å²) in [6, 6.07) is 12.9. The van der Waals surface area contributed by atoms with Gasteiger partial charge in [0.1, 0.15) is 6.10 Å². The monoisotopic (exact) mass is 666 g/mol. The Morgan fingerprint density at radius 2 is 1.47 bits per heavy atom. The van der Waals surface area contributed by atoms with Gasteiger partial charge < -0.3 is 9.64 Å². The molecule has 266 valence electrons. The van der Waals surface area contributed by atoms with Crippen LogP contribution in [0.5, 0.6) is 0 Å². The zero-order chi connectivity index (χ0) is 35.2. The predicted octanol–water partition coefficient (Wildman–Crippen LogP) is 9.66. The molecule has 1 aromatic carbocycles. The normalized spacial score (nSPS) is 43.5. The van der Waals surface area contributed by atoms with Gasteiger partial charge in [-0.2, -0.15) is 5.26 Å². The molecule has 7 rings (SSSR count). The lowest BCUT2D eigenvalue weighted by atomic mass is 9.32. The Morgan fingerprint density at radius 3 is 2.10 bits per heavy atom. The summed E-state index contributed by atoms with van der Waals surface area (Å²) in [5, 5.41) is 10.4. The molecule has 0 aromatic heterocycles. The van der Waals surface area contributed by atoms with Crippen LogP contribution in [-0.4, -0.2) is 36.0 Å². The molecule has 49 heavy (non-hydrogen) atoms. The van der Waals surface area contributed by atoms with Crippen molar-refractivity contribution in [3.8, 4) is 6.07 Å². The summed E-state index contributed by atoms with van der Waals surface area (Å²) in [6.07, 6.45) is 12.8. The summed E-state index contributed by atoms with van der Waals surface area (Å²) >= 11 is 0. The number of likely N-dealkylation sites (tertiary alicyclic amines) is 1. The van der Waals surface area contributed by atoms with Crippen LogP contribution in [0.4, 0.5) is 0 Å². The first-order valence-electron chi connectivity index (χ1n) is 19.7. The number of esters is 1. The Morgan fingerprint density at radius 1 is 0.816 bits per heavy atom. The number of hydrogen-bond acceptors (Lipinski definition) is 4. The van der Waals surface area contributed by atoms with Crippen molar-refractivity contribution in [1.82, 2.24) is 4.90 Å². The summed E-state index contributed by atoms with van der Waals surface area (Å²) in [6.45, 7) is 22.3. The van der Waals surface area contributed by atoms with Crippen molar-refractivity contribution in [3.05, 3.63) is 48.0 Å². The smallest absolute Gasteiger partial charge is 0.302 e. The van der Waals surface area contributed by atoms with Crippen LogP contribution in [0.3, 0.4) is 0 Å². The summed E-state index contributed by atoms with van der Waals surface area (Å²) in [5.41, 5.74) is 1.67. The third-order valence-corrected chi connectivity index (χ3v) is 17.2. The average molecular weight is 667 g/mol. The fourth-order valence-corrected chi connectivity index (χ4v) is 14.6. The first-order valence-corrected chi connectivity index (χ1v) is 19.7. The lowest BCUT2D eigenvalue weighted by molar-refractivity contribution is -0.246. The molecule has 5 nitrogen and oxygen atoms in total. The first-order chi connectivity index (χ1) is 23.1. The Bertz CT molecular complexity index is 1530. The van der Waals surface area contributed by atoms with E-state index in [9.17, 15) is 10.1 Å². The van der Waals surface area contributed by atoms with Gasteiger partial charge in [-0.1, -0.05) is 77.1 Å². The van der Waals surface area contributed by atoms with E-state index in [1.54, 1.807) is 6.92 Å². The minimum Gasteiger partial charge on any atom is -0.462 e. The van der Waals surface area contributed by atoms with E-state index in [-0.39, 0.29) is 33.7 Å². The Hall–Kier alpha value is -2.61. The maximum atomic E-state index is 15.2. The van der Waals surface area contributed by atoms with E-state index in [0.29, 0.717) is 61.4 Å². The van der Waals surface area contributed by atoms with E-state index in [1.807, 2.05) is 18.2 Å². The summed E-state index contributed by atoms with van der Waals surface area (Å²) in [4.78, 5) is 29.4. The highest BCUT2D eigenvalue weighted by Crippen LogP contribution is 2.77. The summed E-state index contributed by atoms with van der Waals surface area (Å²) in [7, 11) is 0. The van der Waals surface area contributed by atoms with E-state index >= 15 is 4.79 Å². The van der Waals surface area contributed by atoms with Crippen LogP contribution in [0.15, 0.2) is 42.5 Å². The second kappa shape index (κ2) is 11.7. The van der Waals surface area contributed by atoms with Gasteiger partial charge in [0, 0.05) is 25.4 Å². The molecule has 6 aliphatic rings. The topological polar surface area (TPSA) is 70.4 Å². The molecule has 5 heteroatoms. The van der Waals surface area contributed by atoms with Gasteiger partial charge in [0.25, 0.3) is 0 Å². The van der Waals surface area contributed by atoms with Gasteiger partial charge in [0.05, 0.1) is 16.9 Å². The van der Waals surface area contributed by atoms with Gasteiger partial charge >= 0.3 is 5.97 Å². The zero-order valence-corrected chi connectivity index (χ0v) is 31.6. The lowest BCUT2D eigenvalue weighted by Gasteiger charge is -2.72. The molecular formula is C44H62N2O3. The van der Waals surface area contributed by atoms with Gasteiger partial charge in [0.15, 0.2) is 0 Å². The molecule has 1 amide bonds. The standard InChI is InChI=1S/C44H62N2O3/c1-29(2)44(38(48)46-26-24-43(28-45,25-27-46)32-12-10-9-11-13-32)23-17-31-16-21-41(7)33(37(31)44)14-15-35-40(6)20-19-36(49-30(3)47)39(4,5)34(40)18-22-42(35,41)8/h9-13,31,33-37H,1,14-27H2,2-8H3. The van der Waals surface area contributed by atoms with Crippen molar-refractivity contribution < 1.29 is 14.3 Å². The van der Waals surface area contributed by atoms with Crippen molar-refractivity contribution in [3.63, 3.8) is 0 Å². The molecule has 10 unspecified atom stereocenters. The Kier molecular flexibility index (Phi) is 8.32. The van der Waals surface area contributed by atoms with E-state index < -0.39 is 10.8 Å². The number of ether oxygens (including phenoxy) is 1. The summed E-state index contributed by atoms with van der Waals surface area (Å²) < 4.78 is 5.97. The largest absolute Gasteiger partial charge is 0.462 e. The molecule has 5 saturated carbocycles. The second-order valence-corrected chi connectivity index (χ2v) is 19.1. The van der Waals surface area contributed by atoms with Crippen LogP contribution in [-0.2, 0) is 19.7 Å². The van der Waals surface area contributed by atoms with Crippen molar-refractivity contribution in [2.75, 3.05) is 13.1 Å². The van der Waals surface area contributed by atoms with Crippen LogP contribution < -0.4 is 0 Å². The SMILES string of the molecule is C=C(C)C1(C(=O)N2CCC(C#N)(c3ccccc3)CC2)CCC2CCC3(C)C(CCC4C5(C)CCC(OC(C)=O)C(C)(C)C5CCC43C)C21. The van der Waals surface area contributed by atoms with Crippen LogP contribution >= 0.6 is 0 Å². The number of amides is 1. The van der Waals surface area contributed by atoms with E-state index in [0.717, 1.165) is 36.8 Å². The van der Waals surface area contributed by atoms with Crippen molar-refractivity contribution >= 4 is 11.9 Å². The molecule has 6 fully saturated rings. The number of piperidine rings is 1.